The van der Waals surface area contributed by atoms with Gasteiger partial charge in [0.1, 0.15) is 0 Å². The molecule has 0 aromatic heterocycles. The summed E-state index contributed by atoms with van der Waals surface area (Å²) in [6, 6.07) is 0. The van der Waals surface area contributed by atoms with Gasteiger partial charge in [-0.1, -0.05) is 0 Å². The summed E-state index contributed by atoms with van der Waals surface area (Å²) < 4.78 is 4.20. The Morgan fingerprint density at radius 2 is 1.90 bits per heavy atom. The number of aliphatic carboxylic acids is 1. The topological polar surface area (TPSA) is 63.6 Å². The lowest BCUT2D eigenvalue weighted by molar-refractivity contribution is -0.145. The molecule has 0 fully saturated rings. The Labute approximate surface area is 65.6 Å². The summed E-state index contributed by atoms with van der Waals surface area (Å²) in [5.41, 5.74) is 0. The van der Waals surface area contributed by atoms with Crippen LogP contribution in [-0.4, -0.2) is 24.2 Å². The molecule has 0 spiro atoms. The Bertz CT molecular complexity index is 123. The number of methoxy groups -OCH3 is 1. The fourth-order valence-electron chi connectivity index (χ4n) is 0.311. The predicted molar refractivity (Wildman–Crippen MR) is 39.3 cm³/mol. The molecule has 0 bridgehead atoms. The zero-order valence-corrected chi connectivity index (χ0v) is 6.59. The molecule has 0 aliphatic rings. The van der Waals surface area contributed by atoms with E-state index in [-0.39, 0.29) is 26.3 Å². The van der Waals surface area contributed by atoms with E-state index in [2.05, 4.69) is 4.74 Å². The second kappa shape index (κ2) is 6.41. The average Bonchev–Trinajstić information content (AvgIpc) is 1.83. The van der Waals surface area contributed by atoms with Crippen molar-refractivity contribution in [3.8, 4) is 0 Å². The molecular weight excluding hydrogens is 156 g/mol. The summed E-state index contributed by atoms with van der Waals surface area (Å²) in [5.74, 6) is -1.47. The molecule has 0 rings (SSSR count). The van der Waals surface area contributed by atoms with Crippen LogP contribution in [0.2, 0.25) is 0 Å². The highest BCUT2D eigenvalue weighted by atomic mass is 32.1. The van der Waals surface area contributed by atoms with E-state index in [1.807, 2.05) is 0 Å². The quantitative estimate of drug-likeness (QED) is 0.605. The predicted octanol–water partition coefficient (Wildman–Crippen LogP) is 0.137. The first kappa shape index (κ1) is 12.0. The van der Waals surface area contributed by atoms with Crippen LogP contribution in [0, 0.1) is 0 Å². The second-order valence-electron chi connectivity index (χ2n) is 1.47. The fourth-order valence-corrected chi connectivity index (χ4v) is 0.311. The summed E-state index contributed by atoms with van der Waals surface area (Å²) in [5, 5.41) is 8.05. The van der Waals surface area contributed by atoms with Crippen molar-refractivity contribution in [1.29, 1.82) is 0 Å². The fraction of sp³-hybridized carbons (Fsp3) is 0.600. The zero-order chi connectivity index (χ0) is 7.28. The number of carbonyl (C=O) groups is 2. The number of rotatable bonds is 3. The maximum absolute atomic E-state index is 10.2. The third-order valence-electron chi connectivity index (χ3n) is 0.771. The van der Waals surface area contributed by atoms with Gasteiger partial charge in [-0.15, -0.1) is 0 Å². The minimum Gasteiger partial charge on any atom is -0.481 e. The van der Waals surface area contributed by atoms with Crippen molar-refractivity contribution in [2.45, 2.75) is 12.8 Å². The molecule has 4 nitrogen and oxygen atoms in total. The Morgan fingerprint density at radius 1 is 1.40 bits per heavy atom. The second-order valence-corrected chi connectivity index (χ2v) is 1.47. The largest absolute Gasteiger partial charge is 0.481 e. The van der Waals surface area contributed by atoms with Gasteiger partial charge in [-0.3, -0.25) is 9.59 Å². The Balaban J connectivity index is 0. The van der Waals surface area contributed by atoms with Crippen LogP contribution in [0.1, 0.15) is 12.8 Å². The van der Waals surface area contributed by atoms with Crippen LogP contribution in [-0.2, 0) is 14.3 Å². The van der Waals surface area contributed by atoms with Crippen LogP contribution in [0.25, 0.3) is 0 Å². The molecule has 0 atom stereocenters. The Morgan fingerprint density at radius 3 is 2.20 bits per heavy atom. The van der Waals surface area contributed by atoms with Crippen molar-refractivity contribution >= 4 is 25.4 Å². The molecule has 0 aliphatic heterocycles. The van der Waals surface area contributed by atoms with Gasteiger partial charge in [-0.05, 0) is 0 Å². The minimum atomic E-state index is -0.986. The maximum atomic E-state index is 10.2. The molecular formula is C5H10O4S. The molecule has 0 aliphatic carbocycles. The van der Waals surface area contributed by atoms with E-state index in [4.69, 9.17) is 5.11 Å². The molecule has 1 N–H and O–H groups in total. The minimum absolute atomic E-state index is 0. The smallest absolute Gasteiger partial charge is 0.306 e. The number of carboxylic acids is 1. The molecule has 0 amide bonds. The summed E-state index contributed by atoms with van der Waals surface area (Å²) in [4.78, 5) is 20.0. The lowest BCUT2D eigenvalue weighted by atomic mass is 10.3. The molecule has 0 unspecified atom stereocenters. The molecule has 10 heavy (non-hydrogen) atoms. The summed E-state index contributed by atoms with van der Waals surface area (Å²) in [6.07, 6.45) is -0.210. The van der Waals surface area contributed by atoms with Crippen LogP contribution in [0.15, 0.2) is 0 Å². The third kappa shape index (κ3) is 7.29. The number of hydrogen-bond acceptors (Lipinski definition) is 3. The average molecular weight is 166 g/mol. The van der Waals surface area contributed by atoms with Crippen LogP contribution >= 0.6 is 13.5 Å². The summed E-state index contributed by atoms with van der Waals surface area (Å²) in [6.45, 7) is 0. The number of carbonyl (C=O) groups excluding carboxylic acids is 1. The van der Waals surface area contributed by atoms with Gasteiger partial charge in [-0.25, -0.2) is 0 Å². The highest BCUT2D eigenvalue weighted by Gasteiger charge is 2.02. The van der Waals surface area contributed by atoms with Crippen LogP contribution < -0.4 is 0 Å². The van der Waals surface area contributed by atoms with E-state index in [0.717, 1.165) is 0 Å². The molecule has 0 heterocycles. The lowest BCUT2D eigenvalue weighted by Gasteiger charge is -1.92. The molecule has 0 saturated heterocycles. The molecule has 0 saturated carbocycles. The van der Waals surface area contributed by atoms with Gasteiger partial charge in [0.15, 0.2) is 0 Å². The van der Waals surface area contributed by atoms with Gasteiger partial charge in [0, 0.05) is 0 Å². The van der Waals surface area contributed by atoms with Gasteiger partial charge in [0.25, 0.3) is 0 Å². The van der Waals surface area contributed by atoms with Crippen molar-refractivity contribution in [3.05, 3.63) is 0 Å². The standard InChI is InChI=1S/C5H8O4.H2S/c1-9-5(8)3-2-4(6)7;/h2-3H2,1H3,(H,6,7);1H2. The van der Waals surface area contributed by atoms with Crippen molar-refractivity contribution in [2.75, 3.05) is 7.11 Å². The summed E-state index contributed by atoms with van der Waals surface area (Å²) >= 11 is 0. The maximum Gasteiger partial charge on any atom is 0.306 e. The Kier molecular flexibility index (Phi) is 7.70. The van der Waals surface area contributed by atoms with E-state index >= 15 is 0 Å². The lowest BCUT2D eigenvalue weighted by Crippen LogP contribution is -2.04. The molecule has 0 radical (unpaired) electrons. The van der Waals surface area contributed by atoms with E-state index in [1.54, 1.807) is 0 Å². The first-order valence-electron chi connectivity index (χ1n) is 2.45. The van der Waals surface area contributed by atoms with Gasteiger partial charge in [0.2, 0.25) is 0 Å². The molecule has 60 valence electrons. The first-order chi connectivity index (χ1) is 4.16. The molecule has 5 heteroatoms. The van der Waals surface area contributed by atoms with Crippen molar-refractivity contribution in [2.24, 2.45) is 0 Å². The van der Waals surface area contributed by atoms with Crippen molar-refractivity contribution in [1.82, 2.24) is 0 Å². The van der Waals surface area contributed by atoms with Gasteiger partial charge in [0.05, 0.1) is 20.0 Å². The number of esters is 1. The van der Waals surface area contributed by atoms with Crippen molar-refractivity contribution < 1.29 is 19.4 Å². The Hall–Kier alpha value is -0.710. The zero-order valence-electron chi connectivity index (χ0n) is 5.59. The van der Waals surface area contributed by atoms with Crippen molar-refractivity contribution in [3.63, 3.8) is 0 Å². The van der Waals surface area contributed by atoms with E-state index < -0.39 is 11.9 Å². The van der Waals surface area contributed by atoms with Gasteiger partial charge >= 0.3 is 11.9 Å². The van der Waals surface area contributed by atoms with E-state index in [1.165, 1.54) is 7.11 Å². The number of hydrogen-bond donors (Lipinski definition) is 1. The number of carboxylic acid groups (broad SMARTS) is 1. The van der Waals surface area contributed by atoms with E-state index in [9.17, 15) is 9.59 Å². The van der Waals surface area contributed by atoms with Gasteiger partial charge in [-0.2, -0.15) is 13.5 Å². The first-order valence-corrected chi connectivity index (χ1v) is 2.45. The highest BCUT2D eigenvalue weighted by molar-refractivity contribution is 7.59. The monoisotopic (exact) mass is 166 g/mol. The summed E-state index contributed by atoms with van der Waals surface area (Å²) in [7, 11) is 1.23. The van der Waals surface area contributed by atoms with Gasteiger partial charge < -0.3 is 9.84 Å². The normalized spacial score (nSPS) is 7.70. The molecule has 0 aromatic rings. The van der Waals surface area contributed by atoms with Crippen LogP contribution in [0.4, 0.5) is 0 Å². The van der Waals surface area contributed by atoms with Crippen LogP contribution in [0.5, 0.6) is 0 Å². The third-order valence-corrected chi connectivity index (χ3v) is 0.771. The van der Waals surface area contributed by atoms with Crippen LogP contribution in [0.3, 0.4) is 0 Å². The SMILES string of the molecule is COC(=O)CCC(=O)O.S. The highest BCUT2D eigenvalue weighted by Crippen LogP contribution is 1.89. The number of ether oxygens (including phenoxy) is 1. The van der Waals surface area contributed by atoms with E-state index in [0.29, 0.717) is 0 Å². The molecule has 0 aromatic carbocycles.